The first-order valence-electron chi connectivity index (χ1n) is 7.78. The van der Waals surface area contributed by atoms with E-state index >= 15 is 0 Å². The van der Waals surface area contributed by atoms with E-state index < -0.39 is 10.8 Å². The second-order valence-corrected chi connectivity index (χ2v) is 8.54. The van der Waals surface area contributed by atoms with Crippen LogP contribution in [0.2, 0.25) is 0 Å². The summed E-state index contributed by atoms with van der Waals surface area (Å²) >= 11 is 0. The molecule has 1 heterocycles. The van der Waals surface area contributed by atoms with E-state index in [0.717, 1.165) is 18.4 Å². The molecule has 0 spiro atoms. The smallest absolute Gasteiger partial charge is 0.0441 e. The predicted octanol–water partition coefficient (Wildman–Crippen LogP) is 1.85. The zero-order valence-corrected chi connectivity index (χ0v) is 13.7. The number of nitrogens with zero attached hydrogens (tertiary/aromatic N) is 1. The van der Waals surface area contributed by atoms with Gasteiger partial charge in [0.05, 0.1) is 0 Å². The highest BCUT2D eigenvalue weighted by molar-refractivity contribution is 7.84. The summed E-state index contributed by atoms with van der Waals surface area (Å²) in [6, 6.07) is 1.33. The van der Waals surface area contributed by atoms with Crippen LogP contribution < -0.4 is 5.32 Å². The highest BCUT2D eigenvalue weighted by Crippen LogP contribution is 2.35. The van der Waals surface area contributed by atoms with Crippen molar-refractivity contribution in [2.75, 3.05) is 25.9 Å². The Morgan fingerprint density at radius 3 is 2.26 bits per heavy atom. The molecule has 0 aromatic rings. The van der Waals surface area contributed by atoms with Gasteiger partial charge in [-0.05, 0) is 45.4 Å². The Kier molecular flexibility index (Phi) is 5.44. The minimum atomic E-state index is -0.708. The van der Waals surface area contributed by atoms with Gasteiger partial charge in [-0.25, -0.2) is 0 Å². The summed E-state index contributed by atoms with van der Waals surface area (Å²) in [5, 5.41) is 4.01. The Balaban J connectivity index is 1.92. The topological polar surface area (TPSA) is 32.3 Å². The van der Waals surface area contributed by atoms with E-state index in [0.29, 0.717) is 12.1 Å². The number of fused-ring (bicyclic) bond motifs is 2. The molecular weight excluding hydrogens is 256 g/mol. The maximum absolute atomic E-state index is 11.5. The van der Waals surface area contributed by atoms with Crippen molar-refractivity contribution in [2.45, 2.75) is 57.4 Å². The molecule has 19 heavy (non-hydrogen) atoms. The molecule has 4 heteroatoms. The summed E-state index contributed by atoms with van der Waals surface area (Å²) in [6.45, 7) is 10.1. The Bertz CT molecular complexity index is 307. The molecule has 2 bridgehead atoms. The average molecular weight is 286 g/mol. The van der Waals surface area contributed by atoms with Crippen LogP contribution in [-0.2, 0) is 10.8 Å². The fourth-order valence-electron chi connectivity index (χ4n) is 3.65. The number of rotatable bonds is 5. The highest BCUT2D eigenvalue weighted by atomic mass is 32.2. The maximum Gasteiger partial charge on any atom is 0.0441 e. The Hall–Kier alpha value is 0.0700. The zero-order valence-electron chi connectivity index (χ0n) is 12.9. The first-order chi connectivity index (χ1) is 8.99. The second kappa shape index (κ2) is 6.68. The van der Waals surface area contributed by atoms with Crippen molar-refractivity contribution in [3.63, 3.8) is 0 Å². The van der Waals surface area contributed by atoms with Crippen LogP contribution in [0, 0.1) is 11.8 Å². The third kappa shape index (κ3) is 3.79. The van der Waals surface area contributed by atoms with Gasteiger partial charge in [0.15, 0.2) is 0 Å². The molecule has 1 saturated heterocycles. The number of likely N-dealkylation sites (tertiary alicyclic amines) is 1. The molecule has 3 nitrogen and oxygen atoms in total. The summed E-state index contributed by atoms with van der Waals surface area (Å²) in [6.07, 6.45) is 5.94. The van der Waals surface area contributed by atoms with Crippen LogP contribution in [0.25, 0.3) is 0 Å². The monoisotopic (exact) mass is 286 g/mol. The molecule has 2 rings (SSSR count). The quantitative estimate of drug-likeness (QED) is 0.837. The van der Waals surface area contributed by atoms with E-state index in [1.54, 1.807) is 0 Å². The van der Waals surface area contributed by atoms with Crippen LogP contribution in [0.3, 0.4) is 0 Å². The van der Waals surface area contributed by atoms with E-state index in [1.165, 1.54) is 32.4 Å². The maximum atomic E-state index is 11.5. The van der Waals surface area contributed by atoms with Gasteiger partial charge in [0.25, 0.3) is 0 Å². The molecule has 4 atom stereocenters. The molecular formula is C15H30N2OS. The van der Waals surface area contributed by atoms with Gasteiger partial charge in [-0.1, -0.05) is 6.42 Å². The lowest BCUT2D eigenvalue weighted by Gasteiger charge is -2.49. The zero-order chi connectivity index (χ0) is 14.0. The van der Waals surface area contributed by atoms with Gasteiger partial charge >= 0.3 is 0 Å². The first kappa shape index (κ1) is 15.5. The molecule has 0 aromatic carbocycles. The molecule has 2 fully saturated rings. The minimum Gasteiger partial charge on any atom is -0.312 e. The third-order valence-corrected chi connectivity index (χ3v) is 6.34. The molecule has 0 radical (unpaired) electrons. The van der Waals surface area contributed by atoms with Gasteiger partial charge < -0.3 is 10.2 Å². The number of hydrogen-bond donors (Lipinski definition) is 1. The van der Waals surface area contributed by atoms with E-state index in [9.17, 15) is 4.21 Å². The van der Waals surface area contributed by atoms with Crippen LogP contribution in [-0.4, -0.2) is 52.3 Å². The first-order valence-corrected chi connectivity index (χ1v) is 9.40. The third-order valence-electron chi connectivity index (χ3n) is 5.04. The Labute approximate surface area is 121 Å². The van der Waals surface area contributed by atoms with E-state index in [2.05, 4.69) is 31.0 Å². The normalized spacial score (nSPS) is 35.3. The van der Waals surface area contributed by atoms with Crippen molar-refractivity contribution in [3.05, 3.63) is 0 Å². The molecule has 2 aliphatic rings. The van der Waals surface area contributed by atoms with Gasteiger partial charge in [-0.2, -0.15) is 0 Å². The molecule has 112 valence electrons. The molecule has 1 saturated carbocycles. The number of hydrogen-bond acceptors (Lipinski definition) is 3. The van der Waals surface area contributed by atoms with E-state index in [-0.39, 0.29) is 5.25 Å². The average Bonchev–Trinajstić information content (AvgIpc) is 2.34. The summed E-state index contributed by atoms with van der Waals surface area (Å²) in [4.78, 5) is 2.65. The molecule has 4 unspecified atom stereocenters. The summed E-state index contributed by atoms with van der Waals surface area (Å²) in [5.74, 6) is 1.60. The van der Waals surface area contributed by atoms with Gasteiger partial charge in [0, 0.05) is 54.0 Å². The lowest BCUT2D eigenvalue weighted by atomic mass is 9.73. The van der Waals surface area contributed by atoms with Crippen LogP contribution in [0.1, 0.15) is 40.0 Å². The molecule has 1 aliphatic heterocycles. The van der Waals surface area contributed by atoms with Crippen molar-refractivity contribution in [3.8, 4) is 0 Å². The van der Waals surface area contributed by atoms with Gasteiger partial charge in [-0.15, -0.1) is 0 Å². The van der Waals surface area contributed by atoms with Crippen LogP contribution in [0.5, 0.6) is 0 Å². The minimum absolute atomic E-state index is 0.267. The van der Waals surface area contributed by atoms with Crippen molar-refractivity contribution in [2.24, 2.45) is 11.8 Å². The highest BCUT2D eigenvalue weighted by Gasteiger charge is 2.39. The van der Waals surface area contributed by atoms with Gasteiger partial charge in [-0.3, -0.25) is 4.21 Å². The summed E-state index contributed by atoms with van der Waals surface area (Å²) < 4.78 is 11.5. The van der Waals surface area contributed by atoms with Gasteiger partial charge in [0.2, 0.25) is 0 Å². The summed E-state index contributed by atoms with van der Waals surface area (Å²) in [5.41, 5.74) is 0. The van der Waals surface area contributed by atoms with Crippen molar-refractivity contribution in [1.82, 2.24) is 10.2 Å². The second-order valence-electron chi connectivity index (χ2n) is 6.74. The fourth-order valence-corrected chi connectivity index (χ4v) is 3.98. The van der Waals surface area contributed by atoms with Gasteiger partial charge in [0.1, 0.15) is 0 Å². The van der Waals surface area contributed by atoms with Crippen molar-refractivity contribution < 1.29 is 4.21 Å². The van der Waals surface area contributed by atoms with Crippen LogP contribution in [0.4, 0.5) is 0 Å². The Morgan fingerprint density at radius 2 is 1.79 bits per heavy atom. The largest absolute Gasteiger partial charge is 0.312 e. The standard InChI is InChI=1S/C15H30N2OS/c1-11(2)17-9-13-6-5-7-14(10-17)15(13)16-8-12(3)19(4)18/h11-16H,5-10H2,1-4H3. The lowest BCUT2D eigenvalue weighted by molar-refractivity contribution is 0.0300. The predicted molar refractivity (Wildman–Crippen MR) is 82.9 cm³/mol. The Morgan fingerprint density at radius 1 is 1.21 bits per heavy atom. The van der Waals surface area contributed by atoms with Crippen molar-refractivity contribution >= 4 is 10.8 Å². The molecule has 0 aromatic heterocycles. The fraction of sp³-hybridized carbons (Fsp3) is 1.00. The SMILES string of the molecule is CC(C)N1CC2CCCC(C1)C2NCC(C)S(C)=O. The molecule has 1 aliphatic carbocycles. The van der Waals surface area contributed by atoms with Crippen LogP contribution >= 0.6 is 0 Å². The van der Waals surface area contributed by atoms with E-state index in [1.807, 2.05) is 6.26 Å². The molecule has 1 N–H and O–H groups in total. The van der Waals surface area contributed by atoms with Crippen molar-refractivity contribution in [1.29, 1.82) is 0 Å². The molecule has 0 amide bonds. The summed E-state index contributed by atoms with van der Waals surface area (Å²) in [7, 11) is -0.708. The number of nitrogens with one attached hydrogen (secondary N) is 1. The van der Waals surface area contributed by atoms with Crippen LogP contribution in [0.15, 0.2) is 0 Å². The lowest BCUT2D eigenvalue weighted by Crippen LogP contribution is -2.59. The van der Waals surface area contributed by atoms with E-state index in [4.69, 9.17) is 0 Å². The number of piperidine rings is 1.